The van der Waals surface area contributed by atoms with Crippen molar-refractivity contribution in [1.82, 2.24) is 10.2 Å². The molecule has 0 bridgehead atoms. The molecule has 0 saturated heterocycles. The summed E-state index contributed by atoms with van der Waals surface area (Å²) in [6, 6.07) is 5.82. The highest BCUT2D eigenvalue weighted by atomic mass is 32.2. The van der Waals surface area contributed by atoms with Crippen LogP contribution in [-0.4, -0.2) is 33.5 Å². The van der Waals surface area contributed by atoms with Crippen LogP contribution in [0.25, 0.3) is 0 Å². The Balaban J connectivity index is 1.81. The van der Waals surface area contributed by atoms with Gasteiger partial charge in [-0.1, -0.05) is 42.2 Å². The molecule has 3 rings (SSSR count). The van der Waals surface area contributed by atoms with Gasteiger partial charge in [0.2, 0.25) is 11.0 Å². The van der Waals surface area contributed by atoms with Crippen molar-refractivity contribution in [2.45, 2.75) is 38.0 Å². The number of rotatable bonds is 5. The predicted molar refractivity (Wildman–Crippen MR) is 105 cm³/mol. The van der Waals surface area contributed by atoms with E-state index in [4.69, 9.17) is 0 Å². The fourth-order valence-corrected chi connectivity index (χ4v) is 4.11. The summed E-state index contributed by atoms with van der Waals surface area (Å²) < 4.78 is 0.806. The SMILES string of the molecule is CCSc1nnc(NC(=O)C2=NN(c3cc(C)ccc3C)C(=O)CC2)s1. The van der Waals surface area contributed by atoms with E-state index in [0.717, 1.165) is 21.2 Å². The van der Waals surface area contributed by atoms with Crippen molar-refractivity contribution in [3.05, 3.63) is 29.3 Å². The maximum Gasteiger partial charge on any atom is 0.273 e. The molecule has 0 spiro atoms. The predicted octanol–water partition coefficient (Wildman–Crippen LogP) is 3.39. The fraction of sp³-hybridized carbons (Fsp3) is 0.353. The molecule has 0 unspecified atom stereocenters. The van der Waals surface area contributed by atoms with Gasteiger partial charge in [0.05, 0.1) is 5.69 Å². The van der Waals surface area contributed by atoms with Crippen molar-refractivity contribution in [2.75, 3.05) is 16.1 Å². The largest absolute Gasteiger partial charge is 0.295 e. The molecule has 0 radical (unpaired) electrons. The summed E-state index contributed by atoms with van der Waals surface area (Å²) in [4.78, 5) is 24.8. The quantitative estimate of drug-likeness (QED) is 0.626. The lowest BCUT2D eigenvalue weighted by Gasteiger charge is -2.24. The van der Waals surface area contributed by atoms with Gasteiger partial charge in [0.15, 0.2) is 4.34 Å². The van der Waals surface area contributed by atoms with E-state index in [2.05, 4.69) is 20.6 Å². The number of hydrazone groups is 1. The first-order valence-electron chi connectivity index (χ1n) is 8.23. The lowest BCUT2D eigenvalue weighted by Crippen LogP contribution is -2.36. The van der Waals surface area contributed by atoms with Crippen molar-refractivity contribution in [3.63, 3.8) is 0 Å². The maximum absolute atomic E-state index is 12.5. The van der Waals surface area contributed by atoms with E-state index in [-0.39, 0.29) is 18.2 Å². The number of benzene rings is 1. The summed E-state index contributed by atoms with van der Waals surface area (Å²) in [6.07, 6.45) is 0.550. The number of aromatic nitrogens is 2. The van der Waals surface area contributed by atoms with Crippen LogP contribution in [0.5, 0.6) is 0 Å². The van der Waals surface area contributed by atoms with Gasteiger partial charge in [-0.05, 0) is 36.8 Å². The number of nitrogens with one attached hydrogen (secondary N) is 1. The van der Waals surface area contributed by atoms with Crippen LogP contribution >= 0.6 is 23.1 Å². The lowest BCUT2D eigenvalue weighted by atomic mass is 10.1. The van der Waals surface area contributed by atoms with Crippen molar-refractivity contribution >= 4 is 51.4 Å². The Morgan fingerprint density at radius 1 is 1.31 bits per heavy atom. The second kappa shape index (κ2) is 7.96. The summed E-state index contributed by atoms with van der Waals surface area (Å²) in [6.45, 7) is 5.90. The third kappa shape index (κ3) is 4.10. The van der Waals surface area contributed by atoms with Crippen molar-refractivity contribution < 1.29 is 9.59 Å². The van der Waals surface area contributed by atoms with Gasteiger partial charge in [-0.25, -0.2) is 5.01 Å². The van der Waals surface area contributed by atoms with E-state index < -0.39 is 0 Å². The minimum absolute atomic E-state index is 0.118. The van der Waals surface area contributed by atoms with Crippen LogP contribution in [0.2, 0.25) is 0 Å². The van der Waals surface area contributed by atoms with Crippen LogP contribution in [0.15, 0.2) is 27.6 Å². The van der Waals surface area contributed by atoms with Gasteiger partial charge in [0.1, 0.15) is 5.71 Å². The Bertz CT molecular complexity index is 878. The number of hydrogen-bond acceptors (Lipinski definition) is 7. The Morgan fingerprint density at radius 3 is 2.88 bits per heavy atom. The molecular weight excluding hydrogens is 370 g/mol. The zero-order valence-electron chi connectivity index (χ0n) is 14.8. The standard InChI is InChI=1S/C17H19N5O2S2/c1-4-25-17-20-19-16(26-17)18-15(24)12-7-8-14(23)22(21-12)13-9-10(2)5-6-11(13)3/h5-6,9H,4,7-8H2,1-3H3,(H,18,19,24). The van der Waals surface area contributed by atoms with Crippen LogP contribution < -0.4 is 10.3 Å². The molecule has 2 amide bonds. The molecular formula is C17H19N5O2S2. The molecule has 1 aromatic carbocycles. The average molecular weight is 390 g/mol. The Hall–Kier alpha value is -2.26. The molecule has 1 N–H and O–H groups in total. The number of nitrogens with zero attached hydrogens (tertiary/aromatic N) is 4. The smallest absolute Gasteiger partial charge is 0.273 e. The zero-order chi connectivity index (χ0) is 18.7. The molecule has 7 nitrogen and oxygen atoms in total. The first kappa shape index (κ1) is 18.5. The van der Waals surface area contributed by atoms with E-state index in [9.17, 15) is 9.59 Å². The Kier molecular flexibility index (Phi) is 5.67. The first-order chi connectivity index (χ1) is 12.5. The molecule has 9 heteroatoms. The molecule has 0 fully saturated rings. The van der Waals surface area contributed by atoms with Gasteiger partial charge in [-0.2, -0.15) is 5.10 Å². The van der Waals surface area contributed by atoms with Crippen molar-refractivity contribution in [2.24, 2.45) is 5.10 Å². The number of carbonyl (C=O) groups is 2. The van der Waals surface area contributed by atoms with E-state index in [1.165, 1.54) is 16.3 Å². The number of aryl methyl sites for hydroxylation is 2. The summed E-state index contributed by atoms with van der Waals surface area (Å²) in [7, 11) is 0. The number of carbonyl (C=O) groups excluding carboxylic acids is 2. The number of amides is 2. The molecule has 1 aliphatic heterocycles. The summed E-state index contributed by atoms with van der Waals surface area (Å²) in [5, 5.41) is 16.8. The Labute approximate surface area is 159 Å². The average Bonchev–Trinajstić information content (AvgIpc) is 3.05. The third-order valence-corrected chi connectivity index (χ3v) is 5.64. The number of thioether (sulfide) groups is 1. The number of anilines is 2. The molecule has 0 saturated carbocycles. The van der Waals surface area contributed by atoms with Gasteiger partial charge in [0.25, 0.3) is 5.91 Å². The molecule has 26 heavy (non-hydrogen) atoms. The monoisotopic (exact) mass is 389 g/mol. The molecule has 1 aliphatic rings. The zero-order valence-corrected chi connectivity index (χ0v) is 16.4. The van der Waals surface area contributed by atoms with E-state index in [0.29, 0.717) is 23.0 Å². The minimum atomic E-state index is -0.350. The maximum atomic E-state index is 12.5. The molecule has 1 aromatic heterocycles. The topological polar surface area (TPSA) is 87.6 Å². The second-order valence-corrected chi connectivity index (χ2v) is 8.29. The second-order valence-electron chi connectivity index (χ2n) is 5.80. The fourth-order valence-electron chi connectivity index (χ4n) is 2.46. The normalized spacial score (nSPS) is 14.3. The van der Waals surface area contributed by atoms with Crippen molar-refractivity contribution in [3.8, 4) is 0 Å². The van der Waals surface area contributed by atoms with Gasteiger partial charge >= 0.3 is 0 Å². The van der Waals surface area contributed by atoms with E-state index in [1.54, 1.807) is 11.8 Å². The summed E-state index contributed by atoms with van der Waals surface area (Å²) in [5.41, 5.74) is 2.97. The Morgan fingerprint density at radius 2 is 2.12 bits per heavy atom. The van der Waals surface area contributed by atoms with Crippen LogP contribution in [0.3, 0.4) is 0 Å². The summed E-state index contributed by atoms with van der Waals surface area (Å²) >= 11 is 2.90. The lowest BCUT2D eigenvalue weighted by molar-refractivity contribution is -0.118. The van der Waals surface area contributed by atoms with Gasteiger partial charge in [-0.15, -0.1) is 10.2 Å². The van der Waals surface area contributed by atoms with Crippen LogP contribution in [0, 0.1) is 13.8 Å². The highest BCUT2D eigenvalue weighted by Crippen LogP contribution is 2.27. The third-order valence-electron chi connectivity index (χ3n) is 3.78. The van der Waals surface area contributed by atoms with E-state index in [1.807, 2.05) is 39.0 Å². The molecule has 136 valence electrons. The van der Waals surface area contributed by atoms with Crippen LogP contribution in [-0.2, 0) is 9.59 Å². The highest BCUT2D eigenvalue weighted by Gasteiger charge is 2.27. The highest BCUT2D eigenvalue weighted by molar-refractivity contribution is 8.01. The molecule has 0 atom stereocenters. The minimum Gasteiger partial charge on any atom is -0.295 e. The molecule has 2 aromatic rings. The molecule has 0 aliphatic carbocycles. The number of hydrogen-bond donors (Lipinski definition) is 1. The first-order valence-corrected chi connectivity index (χ1v) is 10.0. The van der Waals surface area contributed by atoms with Gasteiger partial charge in [0, 0.05) is 12.8 Å². The van der Waals surface area contributed by atoms with Crippen LogP contribution in [0.1, 0.15) is 30.9 Å². The van der Waals surface area contributed by atoms with Crippen molar-refractivity contribution in [1.29, 1.82) is 0 Å². The van der Waals surface area contributed by atoms with Gasteiger partial charge in [-0.3, -0.25) is 14.9 Å². The van der Waals surface area contributed by atoms with E-state index >= 15 is 0 Å². The summed E-state index contributed by atoms with van der Waals surface area (Å²) in [5.74, 6) is 0.423. The van der Waals surface area contributed by atoms with Gasteiger partial charge < -0.3 is 0 Å². The van der Waals surface area contributed by atoms with Crippen LogP contribution in [0.4, 0.5) is 10.8 Å². The molecule has 2 heterocycles.